The van der Waals surface area contributed by atoms with Crippen LogP contribution >= 0.6 is 0 Å². The zero-order chi connectivity index (χ0) is 16.4. The molecule has 0 unspecified atom stereocenters. The summed E-state index contributed by atoms with van der Waals surface area (Å²) >= 11 is 0. The van der Waals surface area contributed by atoms with Gasteiger partial charge in [-0.2, -0.15) is 0 Å². The van der Waals surface area contributed by atoms with Gasteiger partial charge in [0, 0.05) is 30.3 Å². The number of fused-ring (bicyclic) bond motifs is 1. The van der Waals surface area contributed by atoms with Crippen LogP contribution in [0.3, 0.4) is 0 Å². The number of nitro groups is 1. The summed E-state index contributed by atoms with van der Waals surface area (Å²) in [6, 6.07) is 7.95. The number of anilines is 2. The second-order valence-corrected chi connectivity index (χ2v) is 4.83. The maximum absolute atomic E-state index is 11.6. The first-order valence-corrected chi connectivity index (χ1v) is 6.79. The highest BCUT2D eigenvalue weighted by Crippen LogP contribution is 2.29. The smallest absolute Gasteiger partial charge is 0.293 e. The van der Waals surface area contributed by atoms with Gasteiger partial charge < -0.3 is 15.6 Å². The SMILES string of the molecule is CNC(=O)c1ccc(Nc2cnc3[nH]ccc3c2)c([N+](=O)[O-])c1. The van der Waals surface area contributed by atoms with Crippen molar-refractivity contribution in [2.75, 3.05) is 12.4 Å². The van der Waals surface area contributed by atoms with Crippen LogP contribution in [0.2, 0.25) is 0 Å². The van der Waals surface area contributed by atoms with Crippen molar-refractivity contribution in [3.05, 3.63) is 58.4 Å². The lowest BCUT2D eigenvalue weighted by molar-refractivity contribution is -0.383. The molecule has 3 N–H and O–H groups in total. The van der Waals surface area contributed by atoms with Crippen molar-refractivity contribution in [1.29, 1.82) is 0 Å². The number of hydrogen-bond donors (Lipinski definition) is 3. The Bertz CT molecular complexity index is 903. The minimum atomic E-state index is -0.531. The van der Waals surface area contributed by atoms with E-state index in [1.807, 2.05) is 12.1 Å². The average Bonchev–Trinajstić information content (AvgIpc) is 3.02. The van der Waals surface area contributed by atoms with Crippen LogP contribution in [0.4, 0.5) is 17.1 Å². The second kappa shape index (κ2) is 5.76. The number of carbonyl (C=O) groups is 1. The number of pyridine rings is 1. The summed E-state index contributed by atoms with van der Waals surface area (Å²) < 4.78 is 0. The van der Waals surface area contributed by atoms with Gasteiger partial charge in [0.05, 0.1) is 16.8 Å². The van der Waals surface area contributed by atoms with Gasteiger partial charge in [0.15, 0.2) is 0 Å². The molecule has 116 valence electrons. The van der Waals surface area contributed by atoms with Gasteiger partial charge in [-0.15, -0.1) is 0 Å². The molecule has 0 aliphatic rings. The molecule has 0 saturated heterocycles. The van der Waals surface area contributed by atoms with Gasteiger partial charge in [-0.1, -0.05) is 0 Å². The number of nitro benzene ring substituents is 1. The summed E-state index contributed by atoms with van der Waals surface area (Å²) in [6.07, 6.45) is 3.34. The first-order valence-electron chi connectivity index (χ1n) is 6.79. The Kier molecular flexibility index (Phi) is 3.63. The molecule has 0 aliphatic carbocycles. The molecule has 0 spiro atoms. The number of H-pyrrole nitrogens is 1. The zero-order valence-electron chi connectivity index (χ0n) is 12.2. The van der Waals surface area contributed by atoms with Crippen LogP contribution in [0.15, 0.2) is 42.7 Å². The number of nitrogens with one attached hydrogen (secondary N) is 3. The van der Waals surface area contributed by atoms with Crippen LogP contribution in [-0.4, -0.2) is 27.8 Å². The molecule has 2 heterocycles. The van der Waals surface area contributed by atoms with Gasteiger partial charge >= 0.3 is 0 Å². The number of amides is 1. The quantitative estimate of drug-likeness (QED) is 0.506. The Morgan fingerprint density at radius 3 is 2.87 bits per heavy atom. The number of carbonyl (C=O) groups excluding carboxylic acids is 1. The van der Waals surface area contributed by atoms with E-state index in [2.05, 4.69) is 20.6 Å². The molecule has 0 radical (unpaired) electrons. The predicted molar refractivity (Wildman–Crippen MR) is 85.9 cm³/mol. The molecule has 8 nitrogen and oxygen atoms in total. The highest BCUT2D eigenvalue weighted by Gasteiger charge is 2.17. The largest absolute Gasteiger partial charge is 0.355 e. The van der Waals surface area contributed by atoms with Crippen LogP contribution in [-0.2, 0) is 0 Å². The van der Waals surface area contributed by atoms with Gasteiger partial charge in [-0.25, -0.2) is 4.98 Å². The zero-order valence-corrected chi connectivity index (χ0v) is 12.2. The third kappa shape index (κ3) is 2.82. The van der Waals surface area contributed by atoms with Crippen molar-refractivity contribution >= 4 is 34.0 Å². The van der Waals surface area contributed by atoms with Gasteiger partial charge in [0.2, 0.25) is 0 Å². The van der Waals surface area contributed by atoms with E-state index in [-0.39, 0.29) is 17.2 Å². The van der Waals surface area contributed by atoms with Crippen LogP contribution in [0, 0.1) is 10.1 Å². The predicted octanol–water partition coefficient (Wildman–Crippen LogP) is 2.57. The number of aromatic amines is 1. The molecule has 3 aromatic rings. The topological polar surface area (TPSA) is 113 Å². The van der Waals surface area contributed by atoms with Crippen molar-refractivity contribution in [1.82, 2.24) is 15.3 Å². The van der Waals surface area contributed by atoms with E-state index in [1.165, 1.54) is 25.2 Å². The monoisotopic (exact) mass is 311 g/mol. The first-order chi connectivity index (χ1) is 11.1. The Balaban J connectivity index is 1.97. The van der Waals surface area contributed by atoms with E-state index >= 15 is 0 Å². The molecular formula is C15H13N5O3. The van der Waals surface area contributed by atoms with Crippen molar-refractivity contribution in [2.45, 2.75) is 0 Å². The molecule has 0 bridgehead atoms. The van der Waals surface area contributed by atoms with Crippen LogP contribution < -0.4 is 10.6 Å². The molecule has 3 rings (SSSR count). The standard InChI is InChI=1S/C15H13N5O3/c1-16-15(21)10-2-3-12(13(7-10)20(22)23)19-11-6-9-4-5-17-14(9)18-8-11/h2-8,19H,1H3,(H,16,21)(H,17,18). The highest BCUT2D eigenvalue weighted by molar-refractivity contribution is 5.95. The molecule has 0 saturated carbocycles. The lowest BCUT2D eigenvalue weighted by atomic mass is 10.1. The van der Waals surface area contributed by atoms with Crippen LogP contribution in [0.1, 0.15) is 10.4 Å². The Morgan fingerprint density at radius 1 is 1.30 bits per heavy atom. The van der Waals surface area contributed by atoms with Crippen molar-refractivity contribution in [3.63, 3.8) is 0 Å². The van der Waals surface area contributed by atoms with Gasteiger partial charge in [-0.3, -0.25) is 14.9 Å². The lowest BCUT2D eigenvalue weighted by Crippen LogP contribution is -2.17. The summed E-state index contributed by atoms with van der Waals surface area (Å²) in [5, 5.41) is 17.6. The van der Waals surface area contributed by atoms with Crippen molar-refractivity contribution < 1.29 is 9.72 Å². The molecular weight excluding hydrogens is 298 g/mol. The van der Waals surface area contributed by atoms with E-state index in [1.54, 1.807) is 12.4 Å². The third-order valence-corrected chi connectivity index (χ3v) is 3.36. The van der Waals surface area contributed by atoms with E-state index in [4.69, 9.17) is 0 Å². The van der Waals surface area contributed by atoms with Gasteiger partial charge in [0.25, 0.3) is 11.6 Å². The second-order valence-electron chi connectivity index (χ2n) is 4.83. The fourth-order valence-corrected chi connectivity index (χ4v) is 2.24. The molecule has 2 aromatic heterocycles. The summed E-state index contributed by atoms with van der Waals surface area (Å²) in [6.45, 7) is 0. The van der Waals surface area contributed by atoms with Crippen LogP contribution in [0.25, 0.3) is 11.0 Å². The summed E-state index contributed by atoms with van der Waals surface area (Å²) in [4.78, 5) is 29.5. The summed E-state index contributed by atoms with van der Waals surface area (Å²) in [5.41, 5.74) is 1.69. The number of nitrogens with zero attached hydrogens (tertiary/aromatic N) is 2. The fraction of sp³-hybridized carbons (Fsp3) is 0.0667. The maximum Gasteiger partial charge on any atom is 0.293 e. The Labute approximate surface area is 130 Å². The molecule has 0 fully saturated rings. The number of rotatable bonds is 4. The molecule has 23 heavy (non-hydrogen) atoms. The third-order valence-electron chi connectivity index (χ3n) is 3.36. The van der Waals surface area contributed by atoms with Gasteiger partial charge in [-0.05, 0) is 24.3 Å². The minimum Gasteiger partial charge on any atom is -0.355 e. The van der Waals surface area contributed by atoms with E-state index < -0.39 is 4.92 Å². The van der Waals surface area contributed by atoms with E-state index in [0.717, 1.165) is 11.0 Å². The summed E-state index contributed by atoms with van der Waals surface area (Å²) in [5.74, 6) is -0.380. The van der Waals surface area contributed by atoms with Crippen LogP contribution in [0.5, 0.6) is 0 Å². The molecule has 1 aromatic carbocycles. The minimum absolute atomic E-state index is 0.180. The Morgan fingerprint density at radius 2 is 2.13 bits per heavy atom. The van der Waals surface area contributed by atoms with Gasteiger partial charge in [0.1, 0.15) is 11.3 Å². The maximum atomic E-state index is 11.6. The van der Waals surface area contributed by atoms with E-state index in [9.17, 15) is 14.9 Å². The first kappa shape index (κ1) is 14.5. The molecule has 0 aliphatic heterocycles. The average molecular weight is 311 g/mol. The molecule has 8 heteroatoms. The normalized spacial score (nSPS) is 10.5. The summed E-state index contributed by atoms with van der Waals surface area (Å²) in [7, 11) is 1.47. The fourth-order valence-electron chi connectivity index (χ4n) is 2.24. The molecule has 1 amide bonds. The number of hydrogen-bond acceptors (Lipinski definition) is 5. The highest BCUT2D eigenvalue weighted by atomic mass is 16.6. The molecule has 0 atom stereocenters. The Hall–Kier alpha value is -3.42. The van der Waals surface area contributed by atoms with E-state index in [0.29, 0.717) is 11.4 Å². The lowest BCUT2D eigenvalue weighted by Gasteiger charge is -2.08. The van der Waals surface area contributed by atoms with Crippen molar-refractivity contribution in [3.8, 4) is 0 Å². The van der Waals surface area contributed by atoms with Crippen molar-refractivity contribution in [2.24, 2.45) is 0 Å². The number of aromatic nitrogens is 2. The number of benzene rings is 1.